The summed E-state index contributed by atoms with van der Waals surface area (Å²) in [5.41, 5.74) is 1.96. The van der Waals surface area contributed by atoms with Gasteiger partial charge in [0.05, 0.1) is 23.5 Å². The van der Waals surface area contributed by atoms with Crippen LogP contribution < -0.4 is 10.6 Å². The first kappa shape index (κ1) is 27.8. The van der Waals surface area contributed by atoms with E-state index < -0.39 is 23.2 Å². The summed E-state index contributed by atoms with van der Waals surface area (Å²) in [6.45, 7) is 7.72. The summed E-state index contributed by atoms with van der Waals surface area (Å²) in [5, 5.41) is 6.22. The zero-order valence-corrected chi connectivity index (χ0v) is 23.8. The minimum absolute atomic E-state index is 0.172. The first-order valence-corrected chi connectivity index (χ1v) is 13.6. The molecule has 2 N–H and O–H groups in total. The molecule has 1 aromatic carbocycles. The van der Waals surface area contributed by atoms with Crippen LogP contribution in [0.25, 0.3) is 17.0 Å². The summed E-state index contributed by atoms with van der Waals surface area (Å²) in [6.07, 6.45) is 4.56. The highest BCUT2D eigenvalue weighted by Gasteiger charge is 2.35. The number of benzene rings is 1. The molecule has 1 unspecified atom stereocenters. The Kier molecular flexibility index (Phi) is 7.65. The van der Waals surface area contributed by atoms with Gasteiger partial charge in [0.15, 0.2) is 5.69 Å². The van der Waals surface area contributed by atoms with Crippen LogP contribution in [0.1, 0.15) is 49.1 Å². The lowest BCUT2D eigenvalue weighted by Gasteiger charge is -2.30. The zero-order chi connectivity index (χ0) is 28.6. The Balaban J connectivity index is 1.42. The number of amides is 2. The smallest absolute Gasteiger partial charge is 0.272 e. The molecule has 0 aliphatic carbocycles. The molecular formula is C29H33ClFN7O2. The molecule has 4 heterocycles. The molecular weight excluding hydrogens is 533 g/mol. The van der Waals surface area contributed by atoms with Gasteiger partial charge in [0, 0.05) is 30.5 Å². The van der Waals surface area contributed by atoms with E-state index in [1.165, 1.54) is 18.2 Å². The zero-order valence-electron chi connectivity index (χ0n) is 23.0. The molecule has 0 radical (unpaired) electrons. The largest absolute Gasteiger partial charge is 0.349 e. The average Bonchev–Trinajstić information content (AvgIpc) is 3.42. The van der Waals surface area contributed by atoms with E-state index in [-0.39, 0.29) is 23.7 Å². The number of nitrogens with zero attached hydrogens (tertiary/aromatic N) is 5. The maximum Gasteiger partial charge on any atom is 0.272 e. The highest BCUT2D eigenvalue weighted by Crippen LogP contribution is 2.30. The summed E-state index contributed by atoms with van der Waals surface area (Å²) in [6, 6.07) is 9.13. The number of rotatable bonds is 6. The molecule has 1 atom stereocenters. The van der Waals surface area contributed by atoms with Crippen LogP contribution in [0.5, 0.6) is 0 Å². The van der Waals surface area contributed by atoms with E-state index in [0.717, 1.165) is 18.6 Å². The monoisotopic (exact) mass is 565 g/mol. The van der Waals surface area contributed by atoms with E-state index in [9.17, 15) is 14.0 Å². The number of hydrogen-bond acceptors (Lipinski definition) is 5. The van der Waals surface area contributed by atoms with Gasteiger partial charge in [0.2, 0.25) is 5.91 Å². The molecule has 11 heteroatoms. The Morgan fingerprint density at radius 1 is 1.15 bits per heavy atom. The molecule has 0 fully saturated rings. The van der Waals surface area contributed by atoms with Gasteiger partial charge >= 0.3 is 0 Å². The van der Waals surface area contributed by atoms with Crippen LogP contribution in [0.3, 0.4) is 0 Å². The summed E-state index contributed by atoms with van der Waals surface area (Å²) < 4.78 is 18.7. The number of hydrogen-bond donors (Lipinski definition) is 2. The second-order valence-corrected chi connectivity index (χ2v) is 11.7. The third kappa shape index (κ3) is 5.73. The van der Waals surface area contributed by atoms with Crippen molar-refractivity contribution >= 4 is 29.1 Å². The lowest BCUT2D eigenvalue weighted by molar-refractivity contribution is -0.125. The molecule has 0 saturated heterocycles. The van der Waals surface area contributed by atoms with Gasteiger partial charge in [-0.3, -0.25) is 9.59 Å². The predicted octanol–water partition coefficient (Wildman–Crippen LogP) is 4.29. The molecule has 0 spiro atoms. The molecule has 1 aliphatic heterocycles. The minimum Gasteiger partial charge on any atom is -0.349 e. The van der Waals surface area contributed by atoms with Gasteiger partial charge in [0.25, 0.3) is 5.91 Å². The van der Waals surface area contributed by atoms with E-state index >= 15 is 0 Å². The predicted molar refractivity (Wildman–Crippen MR) is 151 cm³/mol. The van der Waals surface area contributed by atoms with Crippen molar-refractivity contribution in [3.8, 4) is 11.4 Å². The van der Waals surface area contributed by atoms with Crippen molar-refractivity contribution < 1.29 is 14.0 Å². The number of imidazole rings is 2. The van der Waals surface area contributed by atoms with E-state index in [0.29, 0.717) is 35.3 Å². The molecule has 0 bridgehead atoms. The molecule has 1 aliphatic rings. The third-order valence-electron chi connectivity index (χ3n) is 7.06. The molecule has 3 aromatic heterocycles. The fourth-order valence-electron chi connectivity index (χ4n) is 5.00. The maximum atomic E-state index is 14.9. The van der Waals surface area contributed by atoms with Gasteiger partial charge in [0.1, 0.15) is 23.3 Å². The Labute approximate surface area is 237 Å². The van der Waals surface area contributed by atoms with Crippen LogP contribution in [-0.4, -0.2) is 55.3 Å². The van der Waals surface area contributed by atoms with E-state index in [1.807, 2.05) is 67.4 Å². The van der Waals surface area contributed by atoms with Crippen LogP contribution in [-0.2, 0) is 24.4 Å². The molecule has 2 amide bonds. The van der Waals surface area contributed by atoms with E-state index in [4.69, 9.17) is 11.6 Å². The molecule has 0 saturated carbocycles. The summed E-state index contributed by atoms with van der Waals surface area (Å²) in [4.78, 5) is 38.4. The van der Waals surface area contributed by atoms with Crippen LogP contribution in [0.15, 0.2) is 48.8 Å². The molecule has 5 rings (SSSR count). The normalized spacial score (nSPS) is 14.9. The van der Waals surface area contributed by atoms with Gasteiger partial charge in [-0.2, -0.15) is 0 Å². The number of halogens is 2. The molecule has 9 nitrogen and oxygen atoms in total. The molecule has 40 heavy (non-hydrogen) atoms. The van der Waals surface area contributed by atoms with Gasteiger partial charge in [-0.05, 0) is 55.8 Å². The first-order valence-electron chi connectivity index (χ1n) is 13.3. The highest BCUT2D eigenvalue weighted by atomic mass is 35.5. The number of carbonyl (C=O) groups is 2. The Bertz CT molecular complexity index is 1540. The lowest BCUT2D eigenvalue weighted by Crippen LogP contribution is -2.53. The minimum atomic E-state index is -0.857. The maximum absolute atomic E-state index is 14.9. The molecule has 210 valence electrons. The van der Waals surface area contributed by atoms with E-state index in [2.05, 4.69) is 25.5 Å². The second kappa shape index (κ2) is 11.0. The topological polar surface area (TPSA) is 96.6 Å². The Morgan fingerprint density at radius 3 is 2.70 bits per heavy atom. The van der Waals surface area contributed by atoms with Gasteiger partial charge in [-0.1, -0.05) is 38.4 Å². The van der Waals surface area contributed by atoms with Crippen LogP contribution in [0.4, 0.5) is 4.39 Å². The quantitative estimate of drug-likeness (QED) is 0.364. The van der Waals surface area contributed by atoms with Gasteiger partial charge in [-0.25, -0.2) is 14.4 Å². The Hall–Kier alpha value is -3.76. The van der Waals surface area contributed by atoms with Crippen LogP contribution >= 0.6 is 11.6 Å². The van der Waals surface area contributed by atoms with Gasteiger partial charge < -0.3 is 24.5 Å². The van der Waals surface area contributed by atoms with Crippen molar-refractivity contribution in [1.29, 1.82) is 0 Å². The number of nitrogens with one attached hydrogen (secondary N) is 2. The summed E-state index contributed by atoms with van der Waals surface area (Å²) >= 11 is 6.18. The van der Waals surface area contributed by atoms with Crippen LogP contribution in [0, 0.1) is 11.2 Å². The number of aromatic nitrogens is 4. The Morgan fingerprint density at radius 2 is 1.95 bits per heavy atom. The van der Waals surface area contributed by atoms with Crippen molar-refractivity contribution in [2.45, 2.75) is 52.9 Å². The fraction of sp³-hybridized carbons (Fsp3) is 0.379. The van der Waals surface area contributed by atoms with Crippen LogP contribution in [0.2, 0.25) is 5.02 Å². The molecule has 4 aromatic rings. The fourth-order valence-corrected chi connectivity index (χ4v) is 5.18. The number of carbonyl (C=O) groups excluding carboxylic acids is 2. The first-order chi connectivity index (χ1) is 19.0. The standard InChI is InChI=1S/C29H33ClFN7O2/c1-29(2,3)25(28(40)32-15-19-16-37-12-6-5-8-23(37)33-19)35-27(39)24-22-17-36(4)11-7-13-38(22)26(34-24)20-14-18(30)9-10-21(20)31/h5-6,8-10,12,14,16,25H,7,11,13,15,17H2,1-4H3,(H,32,40)(H,35,39). The highest BCUT2D eigenvalue weighted by molar-refractivity contribution is 6.30. The SMILES string of the molecule is CN1CCCn2c(-c3cc(Cl)ccc3F)nc(C(=O)NC(C(=O)NCc3cn4ccccc4n3)C(C)(C)C)c2C1. The average molecular weight is 566 g/mol. The van der Waals surface area contributed by atoms with Crippen molar-refractivity contribution in [3.63, 3.8) is 0 Å². The summed E-state index contributed by atoms with van der Waals surface area (Å²) in [5.74, 6) is -0.948. The summed E-state index contributed by atoms with van der Waals surface area (Å²) in [7, 11) is 1.97. The lowest BCUT2D eigenvalue weighted by atomic mass is 9.86. The van der Waals surface area contributed by atoms with Crippen molar-refractivity contribution in [3.05, 3.63) is 76.7 Å². The van der Waals surface area contributed by atoms with Crippen molar-refractivity contribution in [2.24, 2.45) is 5.41 Å². The third-order valence-corrected chi connectivity index (χ3v) is 7.29. The van der Waals surface area contributed by atoms with Crippen molar-refractivity contribution in [1.82, 2.24) is 34.5 Å². The van der Waals surface area contributed by atoms with Gasteiger partial charge in [-0.15, -0.1) is 0 Å². The number of fused-ring (bicyclic) bond motifs is 2. The second-order valence-electron chi connectivity index (χ2n) is 11.3. The number of pyridine rings is 1. The van der Waals surface area contributed by atoms with Crippen molar-refractivity contribution in [2.75, 3.05) is 13.6 Å². The van der Waals surface area contributed by atoms with E-state index in [1.54, 1.807) is 0 Å².